The molecule has 0 aromatic carbocycles. The molecule has 18 heavy (non-hydrogen) atoms. The second kappa shape index (κ2) is 4.68. The molecule has 0 amide bonds. The average molecular weight is 250 g/mol. The summed E-state index contributed by atoms with van der Waals surface area (Å²) in [4.78, 5) is 15.6. The summed E-state index contributed by atoms with van der Waals surface area (Å²) in [6.45, 7) is 2.73. The SMILES string of the molecule is O=C(O)C1CCn2nc(C3CCNCC3)nc2C1. The summed E-state index contributed by atoms with van der Waals surface area (Å²) in [5, 5.41) is 16.9. The zero-order chi connectivity index (χ0) is 12.5. The Bertz CT molecular complexity index is 451. The van der Waals surface area contributed by atoms with Gasteiger partial charge < -0.3 is 10.4 Å². The molecule has 1 aromatic rings. The average Bonchev–Trinajstić information content (AvgIpc) is 2.82. The first kappa shape index (κ1) is 11.6. The van der Waals surface area contributed by atoms with Gasteiger partial charge in [0.1, 0.15) is 5.82 Å². The Morgan fingerprint density at radius 3 is 2.83 bits per heavy atom. The van der Waals surface area contributed by atoms with Crippen LogP contribution in [0.5, 0.6) is 0 Å². The van der Waals surface area contributed by atoms with Crippen LogP contribution < -0.4 is 5.32 Å². The third kappa shape index (κ3) is 2.12. The van der Waals surface area contributed by atoms with E-state index in [9.17, 15) is 4.79 Å². The maximum atomic E-state index is 11.0. The van der Waals surface area contributed by atoms with Gasteiger partial charge in [-0.2, -0.15) is 5.10 Å². The minimum Gasteiger partial charge on any atom is -0.481 e. The Morgan fingerprint density at radius 2 is 2.11 bits per heavy atom. The van der Waals surface area contributed by atoms with Gasteiger partial charge in [-0.25, -0.2) is 9.67 Å². The second-order valence-electron chi connectivity index (χ2n) is 5.16. The summed E-state index contributed by atoms with van der Waals surface area (Å²) in [6.07, 6.45) is 3.34. The number of carboxylic acids is 1. The molecule has 98 valence electrons. The maximum absolute atomic E-state index is 11.0. The largest absolute Gasteiger partial charge is 0.481 e. The smallest absolute Gasteiger partial charge is 0.307 e. The van der Waals surface area contributed by atoms with Crippen LogP contribution in [0.2, 0.25) is 0 Å². The lowest BCUT2D eigenvalue weighted by molar-refractivity contribution is -0.142. The summed E-state index contributed by atoms with van der Waals surface area (Å²) >= 11 is 0. The van der Waals surface area contributed by atoms with Crippen molar-refractivity contribution in [3.63, 3.8) is 0 Å². The number of piperidine rings is 1. The summed E-state index contributed by atoms with van der Waals surface area (Å²) in [5.74, 6) is 1.20. The van der Waals surface area contributed by atoms with Crippen molar-refractivity contribution in [2.45, 2.75) is 38.1 Å². The molecule has 0 saturated carbocycles. The first-order valence-corrected chi connectivity index (χ1v) is 6.61. The van der Waals surface area contributed by atoms with E-state index in [1.54, 1.807) is 0 Å². The number of nitrogens with one attached hydrogen (secondary N) is 1. The van der Waals surface area contributed by atoms with Crippen LogP contribution in [0.4, 0.5) is 0 Å². The molecule has 6 nitrogen and oxygen atoms in total. The van der Waals surface area contributed by atoms with Gasteiger partial charge in [0.2, 0.25) is 0 Å². The molecular weight excluding hydrogens is 232 g/mol. The Labute approximate surface area is 105 Å². The number of carbonyl (C=O) groups is 1. The normalized spacial score (nSPS) is 24.8. The highest BCUT2D eigenvalue weighted by atomic mass is 16.4. The number of hydrogen-bond acceptors (Lipinski definition) is 4. The van der Waals surface area contributed by atoms with Crippen LogP contribution in [0.1, 0.15) is 36.8 Å². The van der Waals surface area contributed by atoms with E-state index in [0.29, 0.717) is 25.3 Å². The van der Waals surface area contributed by atoms with Crippen LogP contribution in [-0.4, -0.2) is 38.9 Å². The van der Waals surface area contributed by atoms with Gasteiger partial charge in [0.05, 0.1) is 5.92 Å². The maximum Gasteiger partial charge on any atom is 0.307 e. The fourth-order valence-electron chi connectivity index (χ4n) is 2.79. The van der Waals surface area contributed by atoms with E-state index >= 15 is 0 Å². The lowest BCUT2D eigenvalue weighted by Gasteiger charge is -2.19. The Balaban J connectivity index is 1.78. The van der Waals surface area contributed by atoms with E-state index in [1.807, 2.05) is 4.68 Å². The quantitative estimate of drug-likeness (QED) is 0.793. The molecule has 6 heteroatoms. The molecule has 3 rings (SSSR count). The number of carboxylic acid groups (broad SMARTS) is 1. The van der Waals surface area contributed by atoms with Crippen LogP contribution in [0.3, 0.4) is 0 Å². The molecule has 0 bridgehead atoms. The second-order valence-corrected chi connectivity index (χ2v) is 5.16. The molecule has 3 heterocycles. The summed E-state index contributed by atoms with van der Waals surface area (Å²) in [6, 6.07) is 0. The van der Waals surface area contributed by atoms with E-state index in [-0.39, 0.29) is 5.92 Å². The van der Waals surface area contributed by atoms with Gasteiger partial charge in [-0.1, -0.05) is 0 Å². The van der Waals surface area contributed by atoms with Gasteiger partial charge in [0.25, 0.3) is 0 Å². The highest BCUT2D eigenvalue weighted by Crippen LogP contribution is 2.25. The van der Waals surface area contributed by atoms with Crippen LogP contribution in [0.25, 0.3) is 0 Å². The van der Waals surface area contributed by atoms with E-state index in [0.717, 1.165) is 37.6 Å². The van der Waals surface area contributed by atoms with Gasteiger partial charge in [-0.3, -0.25) is 4.79 Å². The van der Waals surface area contributed by atoms with Crippen molar-refractivity contribution in [1.29, 1.82) is 0 Å². The number of rotatable bonds is 2. The van der Waals surface area contributed by atoms with Crippen molar-refractivity contribution in [3.05, 3.63) is 11.6 Å². The van der Waals surface area contributed by atoms with Crippen molar-refractivity contribution in [3.8, 4) is 0 Å². The van der Waals surface area contributed by atoms with Crippen LogP contribution in [-0.2, 0) is 17.8 Å². The number of nitrogens with zero attached hydrogens (tertiary/aromatic N) is 3. The van der Waals surface area contributed by atoms with E-state index in [2.05, 4.69) is 15.4 Å². The van der Waals surface area contributed by atoms with Crippen molar-refractivity contribution in [1.82, 2.24) is 20.1 Å². The number of hydrogen-bond donors (Lipinski definition) is 2. The summed E-state index contributed by atoms with van der Waals surface area (Å²) in [7, 11) is 0. The highest BCUT2D eigenvalue weighted by Gasteiger charge is 2.28. The van der Waals surface area contributed by atoms with E-state index in [4.69, 9.17) is 5.11 Å². The van der Waals surface area contributed by atoms with Crippen molar-refractivity contribution >= 4 is 5.97 Å². The van der Waals surface area contributed by atoms with Gasteiger partial charge >= 0.3 is 5.97 Å². The number of fused-ring (bicyclic) bond motifs is 1. The number of aliphatic carboxylic acids is 1. The fourth-order valence-corrected chi connectivity index (χ4v) is 2.79. The zero-order valence-corrected chi connectivity index (χ0v) is 10.3. The zero-order valence-electron chi connectivity index (χ0n) is 10.3. The van der Waals surface area contributed by atoms with Crippen molar-refractivity contribution in [2.24, 2.45) is 5.92 Å². The Hall–Kier alpha value is -1.43. The van der Waals surface area contributed by atoms with Crippen molar-refractivity contribution < 1.29 is 9.90 Å². The Morgan fingerprint density at radius 1 is 1.33 bits per heavy atom. The molecule has 1 aromatic heterocycles. The first-order chi connectivity index (χ1) is 8.74. The standard InChI is InChI=1S/C12H18N4O2/c17-12(18)9-3-6-16-10(7-9)14-11(15-16)8-1-4-13-5-2-8/h8-9,13H,1-7H2,(H,17,18). The summed E-state index contributed by atoms with van der Waals surface area (Å²) < 4.78 is 1.90. The van der Waals surface area contributed by atoms with Crippen LogP contribution >= 0.6 is 0 Å². The molecule has 0 aliphatic carbocycles. The molecule has 2 aliphatic rings. The molecular formula is C12H18N4O2. The first-order valence-electron chi connectivity index (χ1n) is 6.61. The predicted molar refractivity (Wildman–Crippen MR) is 64.3 cm³/mol. The number of aromatic nitrogens is 3. The Kier molecular flexibility index (Phi) is 3.03. The minimum absolute atomic E-state index is 0.289. The van der Waals surface area contributed by atoms with Crippen molar-refractivity contribution in [2.75, 3.05) is 13.1 Å². The van der Waals surface area contributed by atoms with Gasteiger partial charge in [0, 0.05) is 18.9 Å². The number of aryl methyl sites for hydroxylation is 1. The summed E-state index contributed by atoms with van der Waals surface area (Å²) in [5.41, 5.74) is 0. The molecule has 0 spiro atoms. The molecule has 1 atom stereocenters. The van der Waals surface area contributed by atoms with Gasteiger partial charge in [0.15, 0.2) is 5.82 Å². The van der Waals surface area contributed by atoms with E-state index in [1.165, 1.54) is 0 Å². The third-order valence-corrected chi connectivity index (χ3v) is 3.94. The highest BCUT2D eigenvalue weighted by molar-refractivity contribution is 5.70. The van der Waals surface area contributed by atoms with Gasteiger partial charge in [-0.15, -0.1) is 0 Å². The lowest BCUT2D eigenvalue weighted by atomic mass is 9.97. The topological polar surface area (TPSA) is 80.0 Å². The molecule has 2 aliphatic heterocycles. The fraction of sp³-hybridized carbons (Fsp3) is 0.750. The molecule has 0 radical (unpaired) electrons. The molecule has 1 unspecified atom stereocenters. The lowest BCUT2D eigenvalue weighted by Crippen LogP contribution is -2.27. The van der Waals surface area contributed by atoms with Crippen LogP contribution in [0.15, 0.2) is 0 Å². The monoisotopic (exact) mass is 250 g/mol. The third-order valence-electron chi connectivity index (χ3n) is 3.94. The molecule has 1 fully saturated rings. The predicted octanol–water partition coefficient (Wildman–Crippen LogP) is 0.392. The van der Waals surface area contributed by atoms with E-state index < -0.39 is 5.97 Å². The minimum atomic E-state index is -0.715. The van der Waals surface area contributed by atoms with Gasteiger partial charge in [-0.05, 0) is 32.4 Å². The van der Waals surface area contributed by atoms with Crippen LogP contribution in [0, 0.1) is 5.92 Å². The molecule has 2 N–H and O–H groups in total. The molecule has 1 saturated heterocycles.